The predicted molar refractivity (Wildman–Crippen MR) is 69.2 cm³/mol. The lowest BCUT2D eigenvalue weighted by Gasteiger charge is -2.17. The van der Waals surface area contributed by atoms with Gasteiger partial charge in [-0.3, -0.25) is 4.79 Å². The fourth-order valence-corrected chi connectivity index (χ4v) is 1.63. The molecule has 0 bridgehead atoms. The first-order chi connectivity index (χ1) is 8.40. The van der Waals surface area contributed by atoms with E-state index < -0.39 is 5.97 Å². The Labute approximate surface area is 107 Å². The molecule has 0 aromatic heterocycles. The predicted octanol–water partition coefficient (Wildman–Crippen LogP) is 1.90. The molecule has 0 saturated carbocycles. The number of hydrogen-bond acceptors (Lipinski definition) is 2. The SMILES string of the molecule is Cc1ccc(CN(C)C(=O)/C=C/C(=O)O)c(C)c1. The van der Waals surface area contributed by atoms with Crippen molar-refractivity contribution < 1.29 is 14.7 Å². The molecule has 0 aliphatic carbocycles. The summed E-state index contributed by atoms with van der Waals surface area (Å²) in [5.41, 5.74) is 3.35. The maximum atomic E-state index is 11.6. The number of carboxylic acid groups (broad SMARTS) is 1. The number of rotatable bonds is 4. The van der Waals surface area contributed by atoms with Gasteiger partial charge in [-0.15, -0.1) is 0 Å². The van der Waals surface area contributed by atoms with Gasteiger partial charge in [-0.1, -0.05) is 23.8 Å². The van der Waals surface area contributed by atoms with Crippen molar-refractivity contribution >= 4 is 11.9 Å². The van der Waals surface area contributed by atoms with Crippen molar-refractivity contribution in [3.05, 3.63) is 47.0 Å². The highest BCUT2D eigenvalue weighted by atomic mass is 16.4. The fraction of sp³-hybridized carbons (Fsp3) is 0.286. The Hall–Kier alpha value is -2.10. The molecule has 1 rings (SSSR count). The van der Waals surface area contributed by atoms with Crippen LogP contribution in [0.2, 0.25) is 0 Å². The summed E-state index contributed by atoms with van der Waals surface area (Å²) in [5, 5.41) is 8.45. The first-order valence-electron chi connectivity index (χ1n) is 5.62. The van der Waals surface area contributed by atoms with Gasteiger partial charge in [-0.2, -0.15) is 0 Å². The minimum Gasteiger partial charge on any atom is -0.478 e. The van der Waals surface area contributed by atoms with E-state index in [-0.39, 0.29) is 5.91 Å². The lowest BCUT2D eigenvalue weighted by Crippen LogP contribution is -2.24. The molecule has 1 aromatic rings. The topological polar surface area (TPSA) is 57.6 Å². The average molecular weight is 247 g/mol. The second-order valence-electron chi connectivity index (χ2n) is 4.30. The largest absolute Gasteiger partial charge is 0.478 e. The lowest BCUT2D eigenvalue weighted by atomic mass is 10.1. The van der Waals surface area contributed by atoms with E-state index in [4.69, 9.17) is 5.11 Å². The van der Waals surface area contributed by atoms with Crippen LogP contribution in [0.1, 0.15) is 16.7 Å². The van der Waals surface area contributed by atoms with Crippen molar-refractivity contribution in [1.82, 2.24) is 4.90 Å². The van der Waals surface area contributed by atoms with Crippen molar-refractivity contribution in [2.45, 2.75) is 20.4 Å². The molecule has 1 aromatic carbocycles. The Morgan fingerprint density at radius 3 is 2.50 bits per heavy atom. The quantitative estimate of drug-likeness (QED) is 0.827. The van der Waals surface area contributed by atoms with Crippen molar-refractivity contribution in [3.8, 4) is 0 Å². The molecule has 1 N–H and O–H groups in total. The van der Waals surface area contributed by atoms with Gasteiger partial charge in [0.2, 0.25) is 5.91 Å². The monoisotopic (exact) mass is 247 g/mol. The summed E-state index contributed by atoms with van der Waals surface area (Å²) in [4.78, 5) is 23.4. The highest BCUT2D eigenvalue weighted by Crippen LogP contribution is 2.12. The number of aryl methyl sites for hydroxylation is 2. The van der Waals surface area contributed by atoms with Crippen LogP contribution in [0.15, 0.2) is 30.4 Å². The molecule has 18 heavy (non-hydrogen) atoms. The van der Waals surface area contributed by atoms with Gasteiger partial charge in [0.05, 0.1) is 0 Å². The van der Waals surface area contributed by atoms with Crippen LogP contribution in [0.25, 0.3) is 0 Å². The number of carboxylic acids is 1. The molecule has 0 heterocycles. The van der Waals surface area contributed by atoms with Crippen LogP contribution in [-0.2, 0) is 16.1 Å². The van der Waals surface area contributed by atoms with Gasteiger partial charge in [-0.25, -0.2) is 4.79 Å². The van der Waals surface area contributed by atoms with E-state index in [1.165, 1.54) is 10.5 Å². The molecule has 0 spiro atoms. The summed E-state index contributed by atoms with van der Waals surface area (Å²) in [6.07, 6.45) is 1.91. The summed E-state index contributed by atoms with van der Waals surface area (Å²) in [6.45, 7) is 4.48. The molecular weight excluding hydrogens is 230 g/mol. The number of nitrogens with zero attached hydrogens (tertiary/aromatic N) is 1. The third-order valence-corrected chi connectivity index (χ3v) is 2.65. The standard InChI is InChI=1S/C14H17NO3/c1-10-4-5-12(11(2)8-10)9-15(3)13(16)6-7-14(17)18/h4-8H,9H2,1-3H3,(H,17,18)/b7-6+. The molecule has 0 aliphatic heterocycles. The zero-order valence-electron chi connectivity index (χ0n) is 10.8. The summed E-state index contributed by atoms with van der Waals surface area (Å²) < 4.78 is 0. The van der Waals surface area contributed by atoms with Gasteiger partial charge in [0, 0.05) is 25.7 Å². The number of likely N-dealkylation sites (N-methyl/N-ethyl adjacent to an activating group) is 1. The van der Waals surface area contributed by atoms with Gasteiger partial charge >= 0.3 is 5.97 Å². The first-order valence-corrected chi connectivity index (χ1v) is 5.62. The summed E-state index contributed by atoms with van der Waals surface area (Å²) in [6, 6.07) is 6.03. The van der Waals surface area contributed by atoms with Crippen LogP contribution < -0.4 is 0 Å². The van der Waals surface area contributed by atoms with E-state index in [0.717, 1.165) is 23.3 Å². The van der Waals surface area contributed by atoms with Crippen molar-refractivity contribution in [2.75, 3.05) is 7.05 Å². The third kappa shape index (κ3) is 4.05. The zero-order valence-corrected chi connectivity index (χ0v) is 10.8. The van der Waals surface area contributed by atoms with E-state index in [9.17, 15) is 9.59 Å². The van der Waals surface area contributed by atoms with Crippen molar-refractivity contribution in [3.63, 3.8) is 0 Å². The molecule has 0 radical (unpaired) electrons. The van der Waals surface area contributed by atoms with E-state index in [2.05, 4.69) is 6.07 Å². The second-order valence-corrected chi connectivity index (χ2v) is 4.30. The Kier molecular flexibility index (Phi) is 4.66. The molecule has 1 amide bonds. The van der Waals surface area contributed by atoms with Gasteiger partial charge in [0.1, 0.15) is 0 Å². The van der Waals surface area contributed by atoms with Crippen molar-refractivity contribution in [2.24, 2.45) is 0 Å². The first kappa shape index (κ1) is 14.0. The van der Waals surface area contributed by atoms with Crippen LogP contribution in [0.4, 0.5) is 0 Å². The summed E-state index contributed by atoms with van der Waals surface area (Å²) in [7, 11) is 1.65. The highest BCUT2D eigenvalue weighted by molar-refractivity contribution is 5.93. The van der Waals surface area contributed by atoms with Crippen molar-refractivity contribution in [1.29, 1.82) is 0 Å². The van der Waals surface area contributed by atoms with Crippen LogP contribution in [0.5, 0.6) is 0 Å². The van der Waals surface area contributed by atoms with E-state index in [1.807, 2.05) is 26.0 Å². The molecule has 0 unspecified atom stereocenters. The number of amides is 1. The number of hydrogen-bond donors (Lipinski definition) is 1. The normalized spacial score (nSPS) is 10.6. The minimum atomic E-state index is -1.12. The smallest absolute Gasteiger partial charge is 0.328 e. The van der Waals surface area contributed by atoms with E-state index in [1.54, 1.807) is 7.05 Å². The minimum absolute atomic E-state index is 0.322. The maximum absolute atomic E-state index is 11.6. The van der Waals surface area contributed by atoms with Crippen LogP contribution >= 0.6 is 0 Å². The Morgan fingerprint density at radius 1 is 1.28 bits per heavy atom. The third-order valence-electron chi connectivity index (χ3n) is 2.65. The fourth-order valence-electron chi connectivity index (χ4n) is 1.63. The number of aliphatic carboxylic acids is 1. The van der Waals surface area contributed by atoms with Gasteiger partial charge < -0.3 is 10.0 Å². The van der Waals surface area contributed by atoms with E-state index in [0.29, 0.717) is 6.54 Å². The van der Waals surface area contributed by atoms with E-state index >= 15 is 0 Å². The molecule has 4 heteroatoms. The average Bonchev–Trinajstić information content (AvgIpc) is 2.29. The molecule has 4 nitrogen and oxygen atoms in total. The number of benzene rings is 1. The number of carbonyl (C=O) groups excluding carboxylic acids is 1. The van der Waals surface area contributed by atoms with Crippen LogP contribution in [0.3, 0.4) is 0 Å². The van der Waals surface area contributed by atoms with Crippen LogP contribution in [0, 0.1) is 13.8 Å². The summed E-state index contributed by atoms with van der Waals surface area (Å²) >= 11 is 0. The molecule has 0 aliphatic rings. The zero-order chi connectivity index (χ0) is 13.7. The number of carbonyl (C=O) groups is 2. The van der Waals surface area contributed by atoms with Crippen LogP contribution in [-0.4, -0.2) is 28.9 Å². The molecule has 0 atom stereocenters. The maximum Gasteiger partial charge on any atom is 0.328 e. The molecule has 0 fully saturated rings. The molecular formula is C14H17NO3. The van der Waals surface area contributed by atoms with Gasteiger partial charge in [0.25, 0.3) is 0 Å². The lowest BCUT2D eigenvalue weighted by molar-refractivity contribution is -0.132. The van der Waals surface area contributed by atoms with Gasteiger partial charge in [0.15, 0.2) is 0 Å². The molecule has 96 valence electrons. The second kappa shape index (κ2) is 6.00. The highest BCUT2D eigenvalue weighted by Gasteiger charge is 2.08. The molecule has 0 saturated heterocycles. The summed E-state index contributed by atoms with van der Waals surface area (Å²) in [5.74, 6) is -1.44. The van der Waals surface area contributed by atoms with Gasteiger partial charge in [-0.05, 0) is 25.0 Å². The Morgan fingerprint density at radius 2 is 1.94 bits per heavy atom. The Bertz CT molecular complexity index is 492. The Balaban J connectivity index is 2.72.